The molecule has 0 saturated carbocycles. The Morgan fingerprint density at radius 3 is 3.22 bits per heavy atom. The molecule has 0 spiro atoms. The first-order chi connectivity index (χ1) is 8.79. The van der Waals surface area contributed by atoms with Crippen LogP contribution in [-0.4, -0.2) is 31.1 Å². The highest BCUT2D eigenvalue weighted by atomic mass is 32.2. The highest BCUT2D eigenvalue weighted by Gasteiger charge is 2.21. The minimum Gasteiger partial charge on any atom is -0.294 e. The van der Waals surface area contributed by atoms with Crippen LogP contribution >= 0.6 is 11.8 Å². The summed E-state index contributed by atoms with van der Waals surface area (Å²) in [5, 5.41) is 13.4. The lowest BCUT2D eigenvalue weighted by Crippen LogP contribution is -2.16. The number of Topliss-reactive ketones (excluding diaryl/α,β-unsaturated/α-hetero) is 1. The van der Waals surface area contributed by atoms with Crippen molar-refractivity contribution in [3.05, 3.63) is 17.5 Å². The van der Waals surface area contributed by atoms with E-state index in [9.17, 15) is 4.79 Å². The maximum atomic E-state index is 11.8. The molecule has 90 valence electrons. The Balaban J connectivity index is 2.11. The Bertz CT molecular complexity index is 672. The predicted octanol–water partition coefficient (Wildman–Crippen LogP) is 1.26. The minimum atomic E-state index is 0.118. The van der Waals surface area contributed by atoms with E-state index in [4.69, 9.17) is 5.26 Å². The molecular weight excluding hydrogens is 250 g/mol. The molecule has 6 nitrogen and oxygen atoms in total. The van der Waals surface area contributed by atoms with Gasteiger partial charge in [0, 0.05) is 12.6 Å². The Morgan fingerprint density at radius 1 is 1.50 bits per heavy atom. The number of ketones is 1. The summed E-state index contributed by atoms with van der Waals surface area (Å²) < 4.78 is 1.63. The fraction of sp³-hybridized carbons (Fsp3) is 0.364. The lowest BCUT2D eigenvalue weighted by molar-refractivity contribution is 0.0970. The molecule has 0 amide bonds. The van der Waals surface area contributed by atoms with E-state index in [1.807, 2.05) is 6.07 Å². The molecule has 0 aliphatic heterocycles. The molecule has 1 aliphatic rings. The summed E-state index contributed by atoms with van der Waals surface area (Å²) in [4.78, 5) is 20.1. The van der Waals surface area contributed by atoms with E-state index in [2.05, 4.69) is 15.1 Å². The summed E-state index contributed by atoms with van der Waals surface area (Å²) in [6.45, 7) is 0. The van der Waals surface area contributed by atoms with Gasteiger partial charge in [0.05, 0.1) is 23.1 Å². The predicted molar refractivity (Wildman–Crippen MR) is 64.4 cm³/mol. The van der Waals surface area contributed by atoms with Crippen molar-refractivity contribution < 1.29 is 4.79 Å². The first-order valence-corrected chi connectivity index (χ1v) is 6.56. The number of aromatic nitrogens is 4. The standard InChI is InChI=1S/C11H9N5OS/c12-4-5-18-11-14-10-13-6-7-8(16(10)15-11)2-1-3-9(7)17/h6H,1-3,5H2. The van der Waals surface area contributed by atoms with Gasteiger partial charge >= 0.3 is 0 Å². The van der Waals surface area contributed by atoms with Crippen LogP contribution < -0.4 is 0 Å². The molecule has 18 heavy (non-hydrogen) atoms. The number of nitrogens with zero attached hydrogens (tertiary/aromatic N) is 5. The molecule has 2 aromatic rings. The molecule has 0 atom stereocenters. The van der Waals surface area contributed by atoms with E-state index in [1.54, 1.807) is 10.7 Å². The summed E-state index contributed by atoms with van der Waals surface area (Å²) in [6, 6.07) is 2.03. The molecule has 0 aromatic carbocycles. The van der Waals surface area contributed by atoms with Gasteiger partial charge in [-0.25, -0.2) is 4.98 Å². The lowest BCUT2D eigenvalue weighted by Gasteiger charge is -2.13. The Kier molecular flexibility index (Phi) is 2.72. The van der Waals surface area contributed by atoms with Gasteiger partial charge in [0.15, 0.2) is 5.78 Å². The first-order valence-electron chi connectivity index (χ1n) is 5.57. The van der Waals surface area contributed by atoms with Crippen molar-refractivity contribution in [2.24, 2.45) is 0 Å². The Morgan fingerprint density at radius 2 is 2.39 bits per heavy atom. The summed E-state index contributed by atoms with van der Waals surface area (Å²) in [5.74, 6) is 0.911. The first kappa shape index (κ1) is 11.2. The van der Waals surface area contributed by atoms with Gasteiger partial charge in [-0.05, 0) is 12.8 Å². The molecular formula is C11H9N5OS. The lowest BCUT2D eigenvalue weighted by atomic mass is 9.96. The average molecular weight is 259 g/mol. The van der Waals surface area contributed by atoms with Crippen molar-refractivity contribution in [2.75, 3.05) is 5.75 Å². The second-order valence-corrected chi connectivity index (χ2v) is 4.89. The van der Waals surface area contributed by atoms with Crippen molar-refractivity contribution in [2.45, 2.75) is 24.4 Å². The number of nitriles is 1. The molecule has 0 saturated heterocycles. The van der Waals surface area contributed by atoms with Gasteiger partial charge in [-0.2, -0.15) is 14.8 Å². The van der Waals surface area contributed by atoms with Gasteiger partial charge in [0.25, 0.3) is 5.78 Å². The van der Waals surface area contributed by atoms with Crippen molar-refractivity contribution in [3.63, 3.8) is 0 Å². The van der Waals surface area contributed by atoms with Crippen molar-refractivity contribution >= 4 is 23.3 Å². The van der Waals surface area contributed by atoms with Gasteiger partial charge in [-0.1, -0.05) is 11.8 Å². The highest BCUT2D eigenvalue weighted by Crippen LogP contribution is 2.22. The zero-order valence-electron chi connectivity index (χ0n) is 9.46. The maximum Gasteiger partial charge on any atom is 0.253 e. The molecule has 0 bridgehead atoms. The third kappa shape index (κ3) is 1.75. The SMILES string of the molecule is N#CCSc1nc2ncc3c(n2n1)CCCC3=O. The molecule has 2 aromatic heterocycles. The fourth-order valence-electron chi connectivity index (χ4n) is 2.04. The van der Waals surface area contributed by atoms with Gasteiger partial charge in [-0.3, -0.25) is 4.79 Å². The number of aryl methyl sites for hydroxylation is 1. The Hall–Kier alpha value is -1.94. The number of rotatable bonds is 2. The zero-order valence-corrected chi connectivity index (χ0v) is 10.3. The zero-order chi connectivity index (χ0) is 12.5. The van der Waals surface area contributed by atoms with Gasteiger partial charge in [-0.15, -0.1) is 5.10 Å². The largest absolute Gasteiger partial charge is 0.294 e. The number of carbonyl (C=O) groups excluding carboxylic acids is 1. The van der Waals surface area contributed by atoms with Crippen LogP contribution in [0.15, 0.2) is 11.4 Å². The Labute approximate surface area is 107 Å². The average Bonchev–Trinajstić information content (AvgIpc) is 2.80. The second-order valence-electron chi connectivity index (χ2n) is 3.95. The molecule has 2 heterocycles. The van der Waals surface area contributed by atoms with Crippen LogP contribution in [0.3, 0.4) is 0 Å². The van der Waals surface area contributed by atoms with Crippen LogP contribution in [0.4, 0.5) is 0 Å². The number of carbonyl (C=O) groups is 1. The summed E-state index contributed by atoms with van der Waals surface area (Å²) >= 11 is 1.27. The van der Waals surface area contributed by atoms with Crippen LogP contribution in [0.25, 0.3) is 5.78 Å². The molecule has 0 fully saturated rings. The van der Waals surface area contributed by atoms with Gasteiger partial charge in [0.1, 0.15) is 0 Å². The van der Waals surface area contributed by atoms with Crippen molar-refractivity contribution in [1.82, 2.24) is 19.6 Å². The topological polar surface area (TPSA) is 83.9 Å². The van der Waals surface area contributed by atoms with Crippen LogP contribution in [0, 0.1) is 11.3 Å². The van der Waals surface area contributed by atoms with E-state index in [0.29, 0.717) is 28.7 Å². The summed E-state index contributed by atoms with van der Waals surface area (Å²) in [5.41, 5.74) is 1.53. The molecule has 1 aliphatic carbocycles. The highest BCUT2D eigenvalue weighted by molar-refractivity contribution is 7.99. The number of hydrogen-bond donors (Lipinski definition) is 0. The summed E-state index contributed by atoms with van der Waals surface area (Å²) in [7, 11) is 0. The third-order valence-corrected chi connectivity index (χ3v) is 3.53. The van der Waals surface area contributed by atoms with Crippen molar-refractivity contribution in [3.8, 4) is 6.07 Å². The van der Waals surface area contributed by atoms with Crippen LogP contribution in [-0.2, 0) is 6.42 Å². The quantitative estimate of drug-likeness (QED) is 0.755. The van der Waals surface area contributed by atoms with Crippen LogP contribution in [0.1, 0.15) is 28.9 Å². The second kappa shape index (κ2) is 4.38. The van der Waals surface area contributed by atoms with E-state index in [-0.39, 0.29) is 5.78 Å². The summed E-state index contributed by atoms with van der Waals surface area (Å²) in [6.07, 6.45) is 3.81. The minimum absolute atomic E-state index is 0.118. The van der Waals surface area contributed by atoms with Crippen molar-refractivity contribution in [1.29, 1.82) is 5.26 Å². The van der Waals surface area contributed by atoms with E-state index in [0.717, 1.165) is 18.5 Å². The van der Waals surface area contributed by atoms with Crippen LogP contribution in [0.2, 0.25) is 0 Å². The van der Waals surface area contributed by atoms with E-state index in [1.165, 1.54) is 11.8 Å². The van der Waals surface area contributed by atoms with Gasteiger partial charge in [0.2, 0.25) is 5.16 Å². The number of thioether (sulfide) groups is 1. The van der Waals surface area contributed by atoms with Gasteiger partial charge < -0.3 is 0 Å². The molecule has 3 rings (SSSR count). The monoisotopic (exact) mass is 259 g/mol. The van der Waals surface area contributed by atoms with E-state index < -0.39 is 0 Å². The molecule has 0 radical (unpaired) electrons. The molecule has 0 N–H and O–H groups in total. The maximum absolute atomic E-state index is 11.8. The number of hydrogen-bond acceptors (Lipinski definition) is 6. The normalized spacial score (nSPS) is 14.5. The number of fused-ring (bicyclic) bond motifs is 3. The van der Waals surface area contributed by atoms with Crippen LogP contribution in [0.5, 0.6) is 0 Å². The smallest absolute Gasteiger partial charge is 0.253 e. The molecule has 0 unspecified atom stereocenters. The van der Waals surface area contributed by atoms with E-state index >= 15 is 0 Å². The molecule has 7 heteroatoms. The third-order valence-electron chi connectivity index (χ3n) is 2.83. The fourth-order valence-corrected chi connectivity index (χ4v) is 2.52.